The fourth-order valence-electron chi connectivity index (χ4n) is 3.81. The highest BCUT2D eigenvalue weighted by Gasteiger charge is 2.25. The van der Waals surface area contributed by atoms with Gasteiger partial charge in [-0.25, -0.2) is 0 Å². The molecule has 0 aromatic heterocycles. The Morgan fingerprint density at radius 3 is 2.76 bits per heavy atom. The van der Waals surface area contributed by atoms with Crippen molar-refractivity contribution < 1.29 is 9.84 Å². The van der Waals surface area contributed by atoms with Crippen LogP contribution in [0.25, 0.3) is 0 Å². The number of hydrogen-bond donors (Lipinski definition) is 2. The fourth-order valence-corrected chi connectivity index (χ4v) is 3.81. The van der Waals surface area contributed by atoms with E-state index in [1.807, 2.05) is 0 Å². The molecule has 0 aromatic carbocycles. The molecule has 4 unspecified atom stereocenters. The standard InChI is InChI=1S/C17H34N2O2/c1-3-14-7-4-5-9-17(14)21-13-16(20)12-18-11-15-8-6-10-19(15)2/h14-18,20H,3-13H2,1-2H3. The van der Waals surface area contributed by atoms with Crippen LogP contribution in [0.5, 0.6) is 0 Å². The third kappa shape index (κ3) is 5.51. The van der Waals surface area contributed by atoms with Crippen molar-refractivity contribution in [2.75, 3.05) is 33.3 Å². The summed E-state index contributed by atoms with van der Waals surface area (Å²) in [4.78, 5) is 2.41. The van der Waals surface area contributed by atoms with Crippen LogP contribution in [-0.4, -0.2) is 61.5 Å². The Morgan fingerprint density at radius 2 is 2.05 bits per heavy atom. The van der Waals surface area contributed by atoms with Crippen LogP contribution >= 0.6 is 0 Å². The average molecular weight is 298 g/mol. The highest BCUT2D eigenvalue weighted by molar-refractivity contribution is 4.79. The summed E-state index contributed by atoms with van der Waals surface area (Å²) in [7, 11) is 2.19. The number of aliphatic hydroxyl groups excluding tert-OH is 1. The second kappa shape index (κ2) is 9.09. The van der Waals surface area contributed by atoms with Gasteiger partial charge in [-0.15, -0.1) is 0 Å². The van der Waals surface area contributed by atoms with E-state index in [1.165, 1.54) is 51.5 Å². The number of rotatable bonds is 8. The van der Waals surface area contributed by atoms with E-state index in [4.69, 9.17) is 4.74 Å². The van der Waals surface area contributed by atoms with Crippen LogP contribution in [-0.2, 0) is 4.74 Å². The molecule has 0 bridgehead atoms. The summed E-state index contributed by atoms with van der Waals surface area (Å²) >= 11 is 0. The van der Waals surface area contributed by atoms with E-state index in [9.17, 15) is 5.11 Å². The minimum atomic E-state index is -0.379. The molecular formula is C17H34N2O2. The third-order valence-corrected chi connectivity index (χ3v) is 5.30. The molecule has 4 atom stereocenters. The Bertz CT molecular complexity index is 288. The summed E-state index contributed by atoms with van der Waals surface area (Å²) in [6.07, 6.45) is 8.86. The van der Waals surface area contributed by atoms with Crippen molar-refractivity contribution in [1.82, 2.24) is 10.2 Å². The van der Waals surface area contributed by atoms with Crippen molar-refractivity contribution in [2.45, 2.75) is 70.1 Å². The number of nitrogens with zero attached hydrogens (tertiary/aromatic N) is 1. The largest absolute Gasteiger partial charge is 0.389 e. The molecule has 2 fully saturated rings. The molecule has 1 saturated heterocycles. The van der Waals surface area contributed by atoms with Crippen LogP contribution in [0.1, 0.15) is 51.9 Å². The van der Waals surface area contributed by atoms with Gasteiger partial charge in [0.2, 0.25) is 0 Å². The summed E-state index contributed by atoms with van der Waals surface area (Å²) in [6, 6.07) is 0.640. The molecule has 1 aliphatic heterocycles. The molecule has 0 radical (unpaired) electrons. The van der Waals surface area contributed by atoms with Gasteiger partial charge in [0.25, 0.3) is 0 Å². The van der Waals surface area contributed by atoms with E-state index in [2.05, 4.69) is 24.2 Å². The van der Waals surface area contributed by atoms with Crippen LogP contribution in [0.15, 0.2) is 0 Å². The minimum absolute atomic E-state index is 0.374. The zero-order valence-corrected chi connectivity index (χ0v) is 13.9. The zero-order valence-electron chi connectivity index (χ0n) is 13.9. The first kappa shape index (κ1) is 17.2. The predicted molar refractivity (Wildman–Crippen MR) is 86.5 cm³/mol. The van der Waals surface area contributed by atoms with Crippen molar-refractivity contribution in [3.05, 3.63) is 0 Å². The Balaban J connectivity index is 1.57. The van der Waals surface area contributed by atoms with Gasteiger partial charge >= 0.3 is 0 Å². The van der Waals surface area contributed by atoms with Gasteiger partial charge in [-0.3, -0.25) is 0 Å². The summed E-state index contributed by atoms with van der Waals surface area (Å²) < 4.78 is 5.99. The van der Waals surface area contributed by atoms with Crippen LogP contribution in [0.3, 0.4) is 0 Å². The van der Waals surface area contributed by atoms with E-state index in [1.54, 1.807) is 0 Å². The smallest absolute Gasteiger partial charge is 0.0897 e. The Hall–Kier alpha value is -0.160. The first-order valence-corrected chi connectivity index (χ1v) is 8.91. The average Bonchev–Trinajstić information content (AvgIpc) is 2.91. The summed E-state index contributed by atoms with van der Waals surface area (Å²) in [5.74, 6) is 0.700. The Labute approximate surface area is 130 Å². The van der Waals surface area contributed by atoms with Crippen LogP contribution < -0.4 is 5.32 Å². The first-order chi connectivity index (χ1) is 10.2. The monoisotopic (exact) mass is 298 g/mol. The second-order valence-corrected chi connectivity index (χ2v) is 6.91. The molecule has 2 rings (SSSR count). The van der Waals surface area contributed by atoms with Gasteiger partial charge in [0.05, 0.1) is 18.8 Å². The molecule has 0 amide bonds. The summed E-state index contributed by atoms with van der Waals surface area (Å²) in [5, 5.41) is 13.5. The van der Waals surface area contributed by atoms with Gasteiger partial charge in [0.15, 0.2) is 0 Å². The minimum Gasteiger partial charge on any atom is -0.389 e. The third-order valence-electron chi connectivity index (χ3n) is 5.30. The molecule has 1 saturated carbocycles. The number of likely N-dealkylation sites (tertiary alicyclic amines) is 1. The van der Waals surface area contributed by atoms with Gasteiger partial charge in [-0.05, 0) is 45.2 Å². The van der Waals surface area contributed by atoms with Crippen LogP contribution in [0, 0.1) is 5.92 Å². The SMILES string of the molecule is CCC1CCCCC1OCC(O)CNCC1CCCN1C. The molecular weight excluding hydrogens is 264 g/mol. The van der Waals surface area contributed by atoms with Crippen LogP contribution in [0.4, 0.5) is 0 Å². The Morgan fingerprint density at radius 1 is 1.24 bits per heavy atom. The molecule has 2 aliphatic rings. The highest BCUT2D eigenvalue weighted by Crippen LogP contribution is 2.29. The molecule has 4 heteroatoms. The highest BCUT2D eigenvalue weighted by atomic mass is 16.5. The number of nitrogens with one attached hydrogen (secondary N) is 1. The maximum Gasteiger partial charge on any atom is 0.0897 e. The van der Waals surface area contributed by atoms with Crippen molar-refractivity contribution in [3.63, 3.8) is 0 Å². The zero-order chi connectivity index (χ0) is 15.1. The maximum absolute atomic E-state index is 10.1. The molecule has 2 N–H and O–H groups in total. The second-order valence-electron chi connectivity index (χ2n) is 6.91. The van der Waals surface area contributed by atoms with Gasteiger partial charge < -0.3 is 20.1 Å². The molecule has 1 heterocycles. The molecule has 21 heavy (non-hydrogen) atoms. The fraction of sp³-hybridized carbons (Fsp3) is 1.00. The van der Waals surface area contributed by atoms with Gasteiger partial charge in [-0.2, -0.15) is 0 Å². The van der Waals surface area contributed by atoms with E-state index in [0.717, 1.165) is 6.54 Å². The normalized spacial score (nSPS) is 32.4. The number of aliphatic hydroxyl groups is 1. The summed E-state index contributed by atoms with van der Waals surface area (Å²) in [5.41, 5.74) is 0. The van der Waals surface area contributed by atoms with Crippen molar-refractivity contribution in [1.29, 1.82) is 0 Å². The molecule has 0 spiro atoms. The Kier molecular flexibility index (Phi) is 7.44. The number of likely N-dealkylation sites (N-methyl/N-ethyl adjacent to an activating group) is 1. The van der Waals surface area contributed by atoms with Crippen molar-refractivity contribution >= 4 is 0 Å². The first-order valence-electron chi connectivity index (χ1n) is 8.91. The van der Waals surface area contributed by atoms with E-state index in [0.29, 0.717) is 31.2 Å². The topological polar surface area (TPSA) is 44.7 Å². The van der Waals surface area contributed by atoms with Crippen molar-refractivity contribution in [3.8, 4) is 0 Å². The van der Waals surface area contributed by atoms with Gasteiger partial charge in [-0.1, -0.05) is 26.2 Å². The van der Waals surface area contributed by atoms with Crippen molar-refractivity contribution in [2.24, 2.45) is 5.92 Å². The maximum atomic E-state index is 10.1. The molecule has 4 nitrogen and oxygen atoms in total. The van der Waals surface area contributed by atoms with E-state index < -0.39 is 0 Å². The van der Waals surface area contributed by atoms with E-state index in [-0.39, 0.29) is 6.10 Å². The van der Waals surface area contributed by atoms with Gasteiger partial charge in [0, 0.05) is 19.1 Å². The number of hydrogen-bond acceptors (Lipinski definition) is 4. The predicted octanol–water partition coefficient (Wildman–Crippen LogP) is 2.02. The lowest BCUT2D eigenvalue weighted by Crippen LogP contribution is -2.40. The molecule has 124 valence electrons. The molecule has 0 aromatic rings. The lowest BCUT2D eigenvalue weighted by atomic mass is 9.85. The van der Waals surface area contributed by atoms with Crippen LogP contribution in [0.2, 0.25) is 0 Å². The lowest BCUT2D eigenvalue weighted by molar-refractivity contribution is -0.0500. The quantitative estimate of drug-likeness (QED) is 0.719. The number of ether oxygens (including phenoxy) is 1. The van der Waals surface area contributed by atoms with Gasteiger partial charge in [0.1, 0.15) is 0 Å². The van der Waals surface area contributed by atoms with E-state index >= 15 is 0 Å². The molecule has 1 aliphatic carbocycles. The lowest BCUT2D eigenvalue weighted by Gasteiger charge is -2.31. The summed E-state index contributed by atoms with van der Waals surface area (Å²) in [6.45, 7) is 5.57.